The van der Waals surface area contributed by atoms with E-state index in [4.69, 9.17) is 5.11 Å². The lowest BCUT2D eigenvalue weighted by Gasteiger charge is -2.24. The van der Waals surface area contributed by atoms with E-state index >= 15 is 0 Å². The molecule has 0 unspecified atom stereocenters. The van der Waals surface area contributed by atoms with Gasteiger partial charge < -0.3 is 10.4 Å². The molecule has 0 aromatic carbocycles. The highest BCUT2D eigenvalue weighted by Gasteiger charge is 2.24. The molecule has 2 rings (SSSR count). The van der Waals surface area contributed by atoms with Crippen molar-refractivity contribution in [2.45, 2.75) is 25.4 Å². The topological polar surface area (TPSA) is 101 Å². The number of hydrogen-bond acceptors (Lipinski definition) is 6. The third kappa shape index (κ3) is 3.58. The summed E-state index contributed by atoms with van der Waals surface area (Å²) < 4.78 is 24.2. The van der Waals surface area contributed by atoms with Crippen LogP contribution in [0.2, 0.25) is 0 Å². The van der Waals surface area contributed by atoms with Gasteiger partial charge in [0.2, 0.25) is 0 Å². The van der Waals surface area contributed by atoms with Crippen LogP contribution in [0.15, 0.2) is 15.5 Å². The molecule has 1 aliphatic heterocycles. The highest BCUT2D eigenvalue weighted by Crippen LogP contribution is 2.21. The SMILES string of the molecule is O=c1c(Br)c(NC2CCS(=O)(=O)CC2)cnn1CCO. The van der Waals surface area contributed by atoms with Gasteiger partial charge in [0, 0.05) is 6.04 Å². The standard InChI is InChI=1S/C11H16BrN3O4S/c12-10-9(7-13-15(3-4-16)11(10)17)14-8-1-5-20(18,19)6-2-8/h7-8,14,16H,1-6H2. The maximum atomic E-state index is 11.9. The molecule has 0 radical (unpaired) electrons. The molecule has 1 aromatic heterocycles. The summed E-state index contributed by atoms with van der Waals surface area (Å²) in [7, 11) is -2.90. The number of anilines is 1. The molecule has 0 atom stereocenters. The molecule has 9 heteroatoms. The van der Waals surface area contributed by atoms with Crippen LogP contribution in [0, 0.1) is 0 Å². The molecule has 0 bridgehead atoms. The van der Waals surface area contributed by atoms with Gasteiger partial charge in [-0.1, -0.05) is 0 Å². The van der Waals surface area contributed by atoms with E-state index in [1.165, 1.54) is 10.9 Å². The zero-order chi connectivity index (χ0) is 14.8. The van der Waals surface area contributed by atoms with Gasteiger partial charge in [-0.2, -0.15) is 5.10 Å². The largest absolute Gasteiger partial charge is 0.394 e. The van der Waals surface area contributed by atoms with Gasteiger partial charge >= 0.3 is 0 Å². The van der Waals surface area contributed by atoms with E-state index in [0.717, 1.165) is 0 Å². The summed E-state index contributed by atoms with van der Waals surface area (Å²) in [5, 5.41) is 15.9. The number of aliphatic hydroxyl groups is 1. The molecule has 1 aliphatic rings. The highest BCUT2D eigenvalue weighted by molar-refractivity contribution is 9.10. The molecule has 7 nitrogen and oxygen atoms in total. The molecule has 112 valence electrons. The summed E-state index contributed by atoms with van der Waals surface area (Å²) in [6.07, 6.45) is 2.55. The van der Waals surface area contributed by atoms with Crippen LogP contribution >= 0.6 is 15.9 Å². The lowest BCUT2D eigenvalue weighted by molar-refractivity contribution is 0.266. The summed E-state index contributed by atoms with van der Waals surface area (Å²) in [5.41, 5.74) is 0.223. The summed E-state index contributed by atoms with van der Waals surface area (Å²) in [5.74, 6) is 0.328. The number of nitrogens with zero attached hydrogens (tertiary/aromatic N) is 2. The number of hydrogen-bond donors (Lipinski definition) is 2. The molecular weight excluding hydrogens is 350 g/mol. The van der Waals surface area contributed by atoms with Crippen LogP contribution in [0.1, 0.15) is 12.8 Å². The zero-order valence-electron chi connectivity index (χ0n) is 10.7. The summed E-state index contributed by atoms with van der Waals surface area (Å²) >= 11 is 3.21. The fourth-order valence-corrected chi connectivity index (χ4v) is 3.99. The molecule has 0 spiro atoms. The number of nitrogens with one attached hydrogen (secondary N) is 1. The summed E-state index contributed by atoms with van der Waals surface area (Å²) in [4.78, 5) is 11.9. The minimum atomic E-state index is -2.90. The Morgan fingerprint density at radius 2 is 2.10 bits per heavy atom. The molecule has 0 amide bonds. The number of sulfone groups is 1. The van der Waals surface area contributed by atoms with Crippen molar-refractivity contribution in [2.75, 3.05) is 23.4 Å². The molecular formula is C11H16BrN3O4S. The average molecular weight is 366 g/mol. The maximum absolute atomic E-state index is 11.9. The van der Waals surface area contributed by atoms with E-state index in [1.54, 1.807) is 0 Å². The Balaban J connectivity index is 2.11. The maximum Gasteiger partial charge on any atom is 0.283 e. The van der Waals surface area contributed by atoms with Crippen molar-refractivity contribution in [3.63, 3.8) is 0 Å². The number of rotatable bonds is 4. The van der Waals surface area contributed by atoms with Gasteiger partial charge in [-0.05, 0) is 28.8 Å². The van der Waals surface area contributed by atoms with Gasteiger partial charge in [-0.25, -0.2) is 13.1 Å². The Morgan fingerprint density at radius 1 is 1.45 bits per heavy atom. The second-order valence-corrected chi connectivity index (χ2v) is 7.79. The molecule has 20 heavy (non-hydrogen) atoms. The van der Waals surface area contributed by atoms with E-state index in [9.17, 15) is 13.2 Å². The van der Waals surface area contributed by atoms with Crippen LogP contribution in [-0.2, 0) is 16.4 Å². The smallest absolute Gasteiger partial charge is 0.283 e. The van der Waals surface area contributed by atoms with E-state index in [-0.39, 0.29) is 36.3 Å². The average Bonchev–Trinajstić information content (AvgIpc) is 2.41. The van der Waals surface area contributed by atoms with Crippen molar-refractivity contribution in [3.05, 3.63) is 21.0 Å². The second kappa shape index (κ2) is 6.23. The van der Waals surface area contributed by atoms with Crippen molar-refractivity contribution in [1.29, 1.82) is 0 Å². The normalized spacial score (nSPS) is 18.9. The van der Waals surface area contributed by atoms with Crippen LogP contribution < -0.4 is 10.9 Å². The Hall–Kier alpha value is -0.930. The summed E-state index contributed by atoms with van der Waals surface area (Å²) in [6.45, 7) is -0.0218. The van der Waals surface area contributed by atoms with E-state index in [1.807, 2.05) is 0 Å². The molecule has 2 N–H and O–H groups in total. The lowest BCUT2D eigenvalue weighted by Crippen LogP contribution is -2.33. The van der Waals surface area contributed by atoms with Crippen LogP contribution in [0.4, 0.5) is 5.69 Å². The van der Waals surface area contributed by atoms with E-state index in [2.05, 4.69) is 26.3 Å². The van der Waals surface area contributed by atoms with Crippen molar-refractivity contribution in [2.24, 2.45) is 0 Å². The Kier molecular flexibility index (Phi) is 4.82. The third-order valence-corrected chi connectivity index (χ3v) is 5.69. The Bertz CT molecular complexity index is 630. The van der Waals surface area contributed by atoms with Crippen LogP contribution in [0.3, 0.4) is 0 Å². The fraction of sp³-hybridized carbons (Fsp3) is 0.636. The predicted octanol–water partition coefficient (Wildman–Crippen LogP) is -0.0128. The van der Waals surface area contributed by atoms with Crippen LogP contribution in [0.25, 0.3) is 0 Å². The number of aliphatic hydroxyl groups excluding tert-OH is 1. The molecule has 1 aromatic rings. The summed E-state index contributed by atoms with van der Waals surface area (Å²) in [6, 6.07) is 0.0183. The molecule has 2 heterocycles. The quantitative estimate of drug-likeness (QED) is 0.777. The second-order valence-electron chi connectivity index (χ2n) is 4.69. The first kappa shape index (κ1) is 15.5. The minimum absolute atomic E-state index is 0.0183. The van der Waals surface area contributed by atoms with Crippen molar-refractivity contribution < 1.29 is 13.5 Å². The van der Waals surface area contributed by atoms with E-state index in [0.29, 0.717) is 23.0 Å². The van der Waals surface area contributed by atoms with Gasteiger partial charge in [-0.15, -0.1) is 0 Å². The third-order valence-electron chi connectivity index (χ3n) is 3.21. The van der Waals surface area contributed by atoms with Crippen molar-refractivity contribution >= 4 is 31.5 Å². The Labute approximate surface area is 125 Å². The highest BCUT2D eigenvalue weighted by atomic mass is 79.9. The van der Waals surface area contributed by atoms with Crippen LogP contribution in [-0.4, -0.2) is 47.5 Å². The number of halogens is 1. The van der Waals surface area contributed by atoms with E-state index < -0.39 is 9.84 Å². The molecule has 0 saturated carbocycles. The molecule has 1 fully saturated rings. The zero-order valence-corrected chi connectivity index (χ0v) is 13.2. The van der Waals surface area contributed by atoms with Gasteiger partial charge in [0.25, 0.3) is 5.56 Å². The number of aromatic nitrogens is 2. The first-order valence-electron chi connectivity index (χ1n) is 6.26. The van der Waals surface area contributed by atoms with Gasteiger partial charge in [0.15, 0.2) is 0 Å². The predicted molar refractivity (Wildman–Crippen MR) is 78.6 cm³/mol. The Morgan fingerprint density at radius 3 is 2.70 bits per heavy atom. The van der Waals surface area contributed by atoms with Crippen molar-refractivity contribution in [3.8, 4) is 0 Å². The van der Waals surface area contributed by atoms with Gasteiger partial charge in [-0.3, -0.25) is 4.79 Å². The van der Waals surface area contributed by atoms with Crippen molar-refractivity contribution in [1.82, 2.24) is 9.78 Å². The van der Waals surface area contributed by atoms with Gasteiger partial charge in [0.05, 0.1) is 36.5 Å². The van der Waals surface area contributed by atoms with Crippen LogP contribution in [0.5, 0.6) is 0 Å². The first-order valence-corrected chi connectivity index (χ1v) is 8.88. The van der Waals surface area contributed by atoms with Gasteiger partial charge in [0.1, 0.15) is 14.3 Å². The lowest BCUT2D eigenvalue weighted by atomic mass is 10.1. The molecule has 1 saturated heterocycles. The monoisotopic (exact) mass is 365 g/mol. The minimum Gasteiger partial charge on any atom is -0.394 e. The fourth-order valence-electron chi connectivity index (χ4n) is 2.07. The first-order chi connectivity index (χ1) is 9.43. The molecule has 0 aliphatic carbocycles.